The molecular weight excluding hydrogens is 426 g/mol. The second-order valence-corrected chi connectivity index (χ2v) is 8.02. The summed E-state index contributed by atoms with van der Waals surface area (Å²) in [6.45, 7) is 2.77. The molecule has 10 heteroatoms. The third-order valence-corrected chi connectivity index (χ3v) is 6.26. The average molecular weight is 453 g/mol. The fourth-order valence-electron chi connectivity index (χ4n) is 3.01. The van der Waals surface area contributed by atoms with Crippen LogP contribution in [-0.2, 0) is 0 Å². The minimum atomic E-state index is -3.39. The highest BCUT2D eigenvalue weighted by Gasteiger charge is 2.42. The largest absolute Gasteiger partial charge is 0.318 e. The Morgan fingerprint density at radius 3 is 2.14 bits per heavy atom. The molecule has 158 valence electrons. The van der Waals surface area contributed by atoms with Gasteiger partial charge in [-0.05, 0) is 49.3 Å². The van der Waals surface area contributed by atoms with Crippen LogP contribution in [0.15, 0.2) is 48.5 Å². The standard InChI is InChI=1S/C18H25FN4O2S.2ClH/c1-20-11-12-21(2)13-14-22-17-9-5-6-10-18(17)23(26(22,24)25)16-8-4-3-7-15(16)19;;/h3-10,20,24-25H,11-14H2,1-2H3;2*1H. The first-order chi connectivity index (χ1) is 12.5. The second kappa shape index (κ2) is 10.5. The van der Waals surface area contributed by atoms with E-state index >= 15 is 0 Å². The van der Waals surface area contributed by atoms with Crippen molar-refractivity contribution in [3.05, 3.63) is 54.3 Å². The molecule has 0 amide bonds. The number of para-hydroxylation sites is 3. The summed E-state index contributed by atoms with van der Waals surface area (Å²) < 4.78 is 39.3. The molecule has 1 heterocycles. The molecule has 0 aliphatic carbocycles. The maximum absolute atomic E-state index is 14.4. The Kier molecular flexibility index (Phi) is 9.29. The van der Waals surface area contributed by atoms with Gasteiger partial charge in [0, 0.05) is 19.6 Å². The molecule has 0 aromatic heterocycles. The van der Waals surface area contributed by atoms with Crippen LogP contribution in [0.25, 0.3) is 0 Å². The van der Waals surface area contributed by atoms with E-state index in [1.54, 1.807) is 28.6 Å². The third-order valence-electron chi connectivity index (χ3n) is 4.41. The first-order valence-electron chi connectivity index (χ1n) is 8.49. The van der Waals surface area contributed by atoms with E-state index < -0.39 is 16.8 Å². The summed E-state index contributed by atoms with van der Waals surface area (Å²) >= 11 is 0. The monoisotopic (exact) mass is 452 g/mol. The predicted octanol–water partition coefficient (Wildman–Crippen LogP) is 4.36. The molecule has 0 radical (unpaired) electrons. The van der Waals surface area contributed by atoms with Crippen molar-refractivity contribution in [2.75, 3.05) is 48.9 Å². The normalized spacial score (nSPS) is 15.6. The maximum Gasteiger partial charge on any atom is 0.148 e. The van der Waals surface area contributed by atoms with Crippen molar-refractivity contribution < 1.29 is 13.5 Å². The zero-order chi connectivity index (χ0) is 18.7. The minimum absolute atomic E-state index is 0. The Morgan fingerprint density at radius 2 is 1.54 bits per heavy atom. The van der Waals surface area contributed by atoms with E-state index in [4.69, 9.17) is 0 Å². The van der Waals surface area contributed by atoms with Crippen LogP contribution < -0.4 is 13.9 Å². The van der Waals surface area contributed by atoms with E-state index in [9.17, 15) is 13.5 Å². The highest BCUT2D eigenvalue weighted by atomic mass is 35.5. The van der Waals surface area contributed by atoms with Crippen molar-refractivity contribution in [3.8, 4) is 0 Å². The maximum atomic E-state index is 14.4. The number of hydrogen-bond acceptors (Lipinski definition) is 6. The number of halogens is 3. The summed E-state index contributed by atoms with van der Waals surface area (Å²) in [6, 6.07) is 13.4. The van der Waals surface area contributed by atoms with Gasteiger partial charge in [-0.3, -0.25) is 13.4 Å². The van der Waals surface area contributed by atoms with Gasteiger partial charge in [-0.1, -0.05) is 24.3 Å². The molecule has 3 rings (SSSR count). The Hall–Kier alpha value is -1.26. The van der Waals surface area contributed by atoms with Crippen LogP contribution in [0, 0.1) is 5.82 Å². The number of nitrogens with one attached hydrogen (secondary N) is 1. The van der Waals surface area contributed by atoms with Gasteiger partial charge in [0.2, 0.25) is 0 Å². The first-order valence-corrected chi connectivity index (χ1v) is 9.95. The molecule has 0 unspecified atom stereocenters. The minimum Gasteiger partial charge on any atom is -0.318 e. The average Bonchev–Trinajstić information content (AvgIpc) is 2.85. The second-order valence-electron chi connectivity index (χ2n) is 6.23. The molecule has 2 aromatic rings. The molecule has 0 saturated carbocycles. The fourth-order valence-corrected chi connectivity index (χ4v) is 4.78. The lowest BCUT2D eigenvalue weighted by Gasteiger charge is -2.44. The zero-order valence-electron chi connectivity index (χ0n) is 15.8. The zero-order valence-corrected chi connectivity index (χ0v) is 18.2. The van der Waals surface area contributed by atoms with Crippen molar-refractivity contribution in [2.45, 2.75) is 0 Å². The Balaban J connectivity index is 0.00000196. The number of nitrogens with zero attached hydrogens (tertiary/aromatic N) is 3. The first kappa shape index (κ1) is 24.8. The number of hydrogen-bond donors (Lipinski definition) is 3. The van der Waals surface area contributed by atoms with E-state index in [0.29, 0.717) is 24.5 Å². The third kappa shape index (κ3) is 4.83. The van der Waals surface area contributed by atoms with Crippen LogP contribution in [0.1, 0.15) is 0 Å². The van der Waals surface area contributed by atoms with Crippen LogP contribution in [0.2, 0.25) is 0 Å². The van der Waals surface area contributed by atoms with Crippen molar-refractivity contribution in [1.82, 2.24) is 10.2 Å². The molecule has 0 bridgehead atoms. The SMILES string of the molecule is CNCCN(C)CCN1c2ccccc2N(c2ccccc2F)S1(O)O.Cl.Cl. The Bertz CT molecular complexity index is 772. The van der Waals surface area contributed by atoms with Crippen LogP contribution in [0.4, 0.5) is 21.5 Å². The van der Waals surface area contributed by atoms with Gasteiger partial charge >= 0.3 is 0 Å². The van der Waals surface area contributed by atoms with Crippen LogP contribution >= 0.6 is 35.8 Å². The van der Waals surface area contributed by atoms with Crippen molar-refractivity contribution in [3.63, 3.8) is 0 Å². The molecule has 0 fully saturated rings. The molecule has 2 aromatic carbocycles. The van der Waals surface area contributed by atoms with Gasteiger partial charge in [0.1, 0.15) is 11.5 Å². The Morgan fingerprint density at radius 1 is 0.964 bits per heavy atom. The lowest BCUT2D eigenvalue weighted by molar-refractivity contribution is 0.343. The predicted molar refractivity (Wildman–Crippen MR) is 121 cm³/mol. The van der Waals surface area contributed by atoms with E-state index in [2.05, 4.69) is 10.2 Å². The highest BCUT2D eigenvalue weighted by molar-refractivity contribution is 8.27. The molecule has 6 nitrogen and oxygen atoms in total. The highest BCUT2D eigenvalue weighted by Crippen LogP contribution is 2.64. The molecule has 0 atom stereocenters. The molecule has 0 saturated heterocycles. The van der Waals surface area contributed by atoms with Gasteiger partial charge in [0.15, 0.2) is 0 Å². The van der Waals surface area contributed by atoms with Gasteiger partial charge in [-0.2, -0.15) is 0 Å². The van der Waals surface area contributed by atoms with Crippen LogP contribution in [0.5, 0.6) is 0 Å². The lowest BCUT2D eigenvalue weighted by Crippen LogP contribution is -2.38. The lowest BCUT2D eigenvalue weighted by atomic mass is 10.2. The number of rotatable bonds is 7. The molecule has 1 aliphatic heterocycles. The molecule has 28 heavy (non-hydrogen) atoms. The van der Waals surface area contributed by atoms with E-state index in [1.807, 2.05) is 32.3 Å². The summed E-state index contributed by atoms with van der Waals surface area (Å²) in [5, 5.41) is 3.09. The summed E-state index contributed by atoms with van der Waals surface area (Å²) in [5.74, 6) is -0.490. The van der Waals surface area contributed by atoms with Gasteiger partial charge in [-0.15, -0.1) is 24.8 Å². The van der Waals surface area contributed by atoms with Crippen LogP contribution in [-0.4, -0.2) is 54.3 Å². The van der Waals surface area contributed by atoms with E-state index in [1.165, 1.54) is 10.4 Å². The van der Waals surface area contributed by atoms with Crippen molar-refractivity contribution >= 4 is 52.8 Å². The van der Waals surface area contributed by atoms with Gasteiger partial charge < -0.3 is 10.2 Å². The van der Waals surface area contributed by atoms with E-state index in [0.717, 1.165) is 13.1 Å². The summed E-state index contributed by atoms with van der Waals surface area (Å²) in [4.78, 5) is 2.11. The van der Waals surface area contributed by atoms with Gasteiger partial charge in [-0.25, -0.2) is 8.70 Å². The van der Waals surface area contributed by atoms with Crippen molar-refractivity contribution in [1.29, 1.82) is 0 Å². The molecule has 1 aliphatic rings. The topological polar surface area (TPSA) is 62.2 Å². The number of anilines is 3. The van der Waals surface area contributed by atoms with Gasteiger partial charge in [0.25, 0.3) is 0 Å². The fraction of sp³-hybridized carbons (Fsp3) is 0.333. The number of fused-ring (bicyclic) bond motifs is 1. The van der Waals surface area contributed by atoms with Crippen LogP contribution in [0.3, 0.4) is 0 Å². The summed E-state index contributed by atoms with van der Waals surface area (Å²) in [5.41, 5.74) is 1.44. The van der Waals surface area contributed by atoms with Crippen molar-refractivity contribution in [2.24, 2.45) is 0 Å². The van der Waals surface area contributed by atoms with E-state index in [-0.39, 0.29) is 30.5 Å². The number of likely N-dealkylation sites (N-methyl/N-ethyl adjacent to an activating group) is 2. The Labute approximate surface area is 179 Å². The quantitative estimate of drug-likeness (QED) is 0.579. The summed E-state index contributed by atoms with van der Waals surface area (Å²) in [7, 11) is 0.488. The summed E-state index contributed by atoms with van der Waals surface area (Å²) in [6.07, 6.45) is 0. The molecule has 0 spiro atoms. The number of benzene rings is 2. The smallest absolute Gasteiger partial charge is 0.148 e. The van der Waals surface area contributed by atoms with Gasteiger partial charge in [0.05, 0.1) is 17.9 Å². The molecule has 3 N–H and O–H groups in total. The molecular formula is C18H27Cl2FN4O2S.